The molecule has 1 amide bonds. The average Bonchev–Trinajstić information content (AvgIpc) is 2.43. The van der Waals surface area contributed by atoms with Crippen LogP contribution in [0.25, 0.3) is 0 Å². The molecule has 5 heteroatoms. The number of anilines is 1. The van der Waals surface area contributed by atoms with Gasteiger partial charge in [0.2, 0.25) is 0 Å². The third-order valence-corrected chi connectivity index (χ3v) is 3.66. The van der Waals surface area contributed by atoms with Crippen LogP contribution in [0.1, 0.15) is 11.1 Å². The zero-order valence-electron chi connectivity index (χ0n) is 11.2. The molecule has 1 aromatic rings. The number of hydrogen-bond acceptors (Lipinski definition) is 3. The Morgan fingerprint density at radius 1 is 1.26 bits per heavy atom. The minimum absolute atomic E-state index is 0.214. The van der Waals surface area contributed by atoms with Gasteiger partial charge in [0.25, 0.3) is 5.91 Å². The maximum atomic E-state index is 12.2. The smallest absolute Gasteiger partial charge is 0.283 e. The number of nitrogens with zero attached hydrogens (tertiary/aromatic N) is 1. The molecule has 0 bridgehead atoms. The van der Waals surface area contributed by atoms with E-state index in [2.05, 4.69) is 5.32 Å². The topological polar surface area (TPSA) is 41.6 Å². The molecule has 1 aliphatic rings. The van der Waals surface area contributed by atoms with Gasteiger partial charge < -0.3 is 15.0 Å². The Morgan fingerprint density at radius 3 is 2.42 bits per heavy atom. The highest BCUT2D eigenvalue weighted by atomic mass is 32.1. The number of rotatable bonds is 1. The quantitative estimate of drug-likeness (QED) is 0.797. The van der Waals surface area contributed by atoms with Crippen molar-refractivity contribution in [3.05, 3.63) is 29.3 Å². The summed E-state index contributed by atoms with van der Waals surface area (Å²) in [5.41, 5.74) is 2.93. The van der Waals surface area contributed by atoms with E-state index in [-0.39, 0.29) is 5.91 Å². The minimum atomic E-state index is -0.214. The molecule has 1 saturated heterocycles. The molecule has 1 aliphatic heterocycles. The number of thiocarbonyl (C=S) groups is 1. The Labute approximate surface area is 118 Å². The highest BCUT2D eigenvalue weighted by Gasteiger charge is 2.20. The van der Waals surface area contributed by atoms with Gasteiger partial charge in [-0.25, -0.2) is 0 Å². The molecular weight excluding hydrogens is 260 g/mol. The second-order valence-corrected chi connectivity index (χ2v) is 5.01. The molecule has 0 radical (unpaired) electrons. The van der Waals surface area contributed by atoms with Gasteiger partial charge in [-0.05, 0) is 25.0 Å². The predicted molar refractivity (Wildman–Crippen MR) is 79.5 cm³/mol. The number of carbonyl (C=O) groups excluding carboxylic acids is 1. The molecule has 1 heterocycles. The normalized spacial score (nSPS) is 15.2. The molecule has 2 rings (SSSR count). The fraction of sp³-hybridized carbons (Fsp3) is 0.429. The lowest BCUT2D eigenvalue weighted by Gasteiger charge is -2.28. The highest BCUT2D eigenvalue weighted by molar-refractivity contribution is 7.82. The van der Waals surface area contributed by atoms with E-state index < -0.39 is 0 Å². The lowest BCUT2D eigenvalue weighted by Crippen LogP contribution is -2.45. The van der Waals surface area contributed by atoms with Crippen molar-refractivity contribution in [1.29, 1.82) is 0 Å². The third-order valence-electron chi connectivity index (χ3n) is 3.21. The van der Waals surface area contributed by atoms with E-state index in [1.54, 1.807) is 0 Å². The Bertz CT molecular complexity index is 476. The van der Waals surface area contributed by atoms with Gasteiger partial charge in [-0.2, -0.15) is 0 Å². The number of hydrogen-bond donors (Lipinski definition) is 1. The molecule has 0 saturated carbocycles. The van der Waals surface area contributed by atoms with Crippen molar-refractivity contribution in [2.45, 2.75) is 13.8 Å². The molecule has 102 valence electrons. The van der Waals surface area contributed by atoms with E-state index in [1.165, 1.54) is 0 Å². The van der Waals surface area contributed by atoms with E-state index in [1.807, 2.05) is 36.9 Å². The Balaban J connectivity index is 2.06. The molecule has 0 spiro atoms. The van der Waals surface area contributed by atoms with E-state index in [4.69, 9.17) is 17.0 Å². The van der Waals surface area contributed by atoms with Crippen molar-refractivity contribution in [2.24, 2.45) is 0 Å². The second kappa shape index (κ2) is 6.12. The number of nitrogens with one attached hydrogen (secondary N) is 1. The fourth-order valence-electron chi connectivity index (χ4n) is 2.09. The van der Waals surface area contributed by atoms with Gasteiger partial charge in [0.1, 0.15) is 0 Å². The minimum Gasteiger partial charge on any atom is -0.378 e. The number of benzene rings is 1. The predicted octanol–water partition coefficient (Wildman–Crippen LogP) is 1.90. The van der Waals surface area contributed by atoms with Gasteiger partial charge in [-0.3, -0.25) is 4.79 Å². The van der Waals surface area contributed by atoms with Crippen LogP contribution in [0.15, 0.2) is 18.2 Å². The summed E-state index contributed by atoms with van der Waals surface area (Å²) < 4.78 is 5.25. The summed E-state index contributed by atoms with van der Waals surface area (Å²) in [7, 11) is 0. The summed E-state index contributed by atoms with van der Waals surface area (Å²) in [4.78, 5) is 14.4. The molecule has 1 N–H and O–H groups in total. The number of ether oxygens (including phenoxy) is 1. The zero-order valence-corrected chi connectivity index (χ0v) is 12.0. The molecule has 1 aromatic carbocycles. The SMILES string of the molecule is Cc1cccc(C)c1NC(=O)C(=S)N1CCOCC1. The monoisotopic (exact) mass is 278 g/mol. The largest absolute Gasteiger partial charge is 0.378 e. The highest BCUT2D eigenvalue weighted by Crippen LogP contribution is 2.19. The van der Waals surface area contributed by atoms with E-state index in [9.17, 15) is 4.79 Å². The number of para-hydroxylation sites is 1. The van der Waals surface area contributed by atoms with Gasteiger partial charge in [0, 0.05) is 18.8 Å². The maximum absolute atomic E-state index is 12.2. The molecule has 19 heavy (non-hydrogen) atoms. The first-order valence-corrected chi connectivity index (χ1v) is 6.74. The molecule has 0 unspecified atom stereocenters. The molecule has 0 atom stereocenters. The summed E-state index contributed by atoms with van der Waals surface area (Å²) in [6.45, 7) is 6.55. The van der Waals surface area contributed by atoms with Crippen molar-refractivity contribution in [1.82, 2.24) is 4.90 Å². The second-order valence-electron chi connectivity index (χ2n) is 4.63. The number of amides is 1. The zero-order chi connectivity index (χ0) is 13.8. The summed E-state index contributed by atoms with van der Waals surface area (Å²) in [5, 5.41) is 2.91. The Hall–Kier alpha value is -1.46. The Morgan fingerprint density at radius 2 is 1.84 bits per heavy atom. The van der Waals surface area contributed by atoms with Crippen LogP contribution in [-0.2, 0) is 9.53 Å². The van der Waals surface area contributed by atoms with Gasteiger partial charge in [-0.1, -0.05) is 30.4 Å². The van der Waals surface area contributed by atoms with Crippen LogP contribution >= 0.6 is 12.2 Å². The number of carbonyl (C=O) groups is 1. The van der Waals surface area contributed by atoms with Crippen LogP contribution in [0, 0.1) is 13.8 Å². The van der Waals surface area contributed by atoms with Gasteiger partial charge in [0.05, 0.1) is 13.2 Å². The van der Waals surface area contributed by atoms with Crippen LogP contribution < -0.4 is 5.32 Å². The fourth-order valence-corrected chi connectivity index (χ4v) is 2.32. The van der Waals surface area contributed by atoms with Gasteiger partial charge in [-0.15, -0.1) is 0 Å². The van der Waals surface area contributed by atoms with Crippen molar-refractivity contribution in [2.75, 3.05) is 31.6 Å². The van der Waals surface area contributed by atoms with Crippen molar-refractivity contribution < 1.29 is 9.53 Å². The number of aryl methyl sites for hydroxylation is 2. The average molecular weight is 278 g/mol. The van der Waals surface area contributed by atoms with E-state index >= 15 is 0 Å². The lowest BCUT2D eigenvalue weighted by atomic mass is 10.1. The van der Waals surface area contributed by atoms with Crippen LogP contribution in [0.4, 0.5) is 5.69 Å². The van der Waals surface area contributed by atoms with E-state index in [0.717, 1.165) is 16.8 Å². The van der Waals surface area contributed by atoms with Crippen molar-refractivity contribution in [3.63, 3.8) is 0 Å². The molecule has 1 fully saturated rings. The van der Waals surface area contributed by atoms with Crippen molar-refractivity contribution >= 4 is 28.8 Å². The third kappa shape index (κ3) is 3.30. The van der Waals surface area contributed by atoms with E-state index in [0.29, 0.717) is 31.3 Å². The molecule has 0 aliphatic carbocycles. The lowest BCUT2D eigenvalue weighted by molar-refractivity contribution is -0.111. The standard InChI is InChI=1S/C14H18N2O2S/c1-10-4-3-5-11(2)12(10)15-13(17)14(19)16-6-8-18-9-7-16/h3-5H,6-9H2,1-2H3,(H,15,17). The first kappa shape index (κ1) is 14.0. The van der Waals surface area contributed by atoms with Crippen LogP contribution in [-0.4, -0.2) is 42.1 Å². The maximum Gasteiger partial charge on any atom is 0.283 e. The van der Waals surface area contributed by atoms with Crippen LogP contribution in [0.2, 0.25) is 0 Å². The molecule has 0 aromatic heterocycles. The Kier molecular flexibility index (Phi) is 4.50. The first-order chi connectivity index (χ1) is 9.09. The number of morpholine rings is 1. The van der Waals surface area contributed by atoms with Crippen LogP contribution in [0.5, 0.6) is 0 Å². The summed E-state index contributed by atoms with van der Waals surface area (Å²) in [6.07, 6.45) is 0. The van der Waals surface area contributed by atoms with Crippen molar-refractivity contribution in [3.8, 4) is 0 Å². The summed E-state index contributed by atoms with van der Waals surface area (Å²) in [6, 6.07) is 5.92. The van der Waals surface area contributed by atoms with Gasteiger partial charge >= 0.3 is 0 Å². The summed E-state index contributed by atoms with van der Waals surface area (Å²) >= 11 is 5.24. The van der Waals surface area contributed by atoms with Gasteiger partial charge in [0.15, 0.2) is 4.99 Å². The van der Waals surface area contributed by atoms with Crippen LogP contribution in [0.3, 0.4) is 0 Å². The first-order valence-electron chi connectivity index (χ1n) is 6.34. The molecular formula is C14H18N2O2S. The summed E-state index contributed by atoms with van der Waals surface area (Å²) in [5.74, 6) is -0.214. The molecule has 4 nitrogen and oxygen atoms in total.